The molecule has 4 nitrogen and oxygen atoms in total. The van der Waals surface area contributed by atoms with Crippen LogP contribution in [0.2, 0.25) is 0 Å². The number of rotatable bonds is 7. The minimum absolute atomic E-state index is 0.0209. The van der Waals surface area contributed by atoms with Crippen LogP contribution in [0.5, 0.6) is 11.5 Å². The van der Waals surface area contributed by atoms with Crippen LogP contribution in [-0.2, 0) is 11.4 Å². The zero-order chi connectivity index (χ0) is 16.7. The normalized spacial score (nSPS) is 11.0. The van der Waals surface area contributed by atoms with Crippen molar-refractivity contribution >= 4 is 6.21 Å². The molecule has 0 aliphatic heterocycles. The van der Waals surface area contributed by atoms with Crippen LogP contribution in [-0.4, -0.2) is 19.9 Å². The van der Waals surface area contributed by atoms with E-state index in [4.69, 9.17) is 9.57 Å². The Kier molecular flexibility index (Phi) is 5.85. The largest absolute Gasteiger partial charge is 0.493 e. The highest BCUT2D eigenvalue weighted by Gasteiger charge is 2.10. The van der Waals surface area contributed by atoms with Gasteiger partial charge in [0.25, 0.3) is 0 Å². The zero-order valence-electron chi connectivity index (χ0n) is 12.2. The summed E-state index contributed by atoms with van der Waals surface area (Å²) < 4.78 is 47.1. The van der Waals surface area contributed by atoms with E-state index >= 15 is 0 Å². The maximum absolute atomic E-state index is 13.4. The number of hydrogen-bond acceptors (Lipinski definition) is 4. The third-order valence-corrected chi connectivity index (χ3v) is 2.86. The molecule has 7 heteroatoms. The maximum atomic E-state index is 13.4. The Morgan fingerprint density at radius 3 is 2.61 bits per heavy atom. The summed E-state index contributed by atoms with van der Waals surface area (Å²) in [6, 6.07) is 10.5. The molecule has 2 rings (SSSR count). The molecule has 0 fully saturated rings. The van der Waals surface area contributed by atoms with Crippen LogP contribution in [0.4, 0.5) is 13.2 Å². The van der Waals surface area contributed by atoms with E-state index < -0.39 is 6.61 Å². The van der Waals surface area contributed by atoms with Crippen molar-refractivity contribution in [2.45, 2.75) is 13.2 Å². The third-order valence-electron chi connectivity index (χ3n) is 2.86. The Hall–Kier alpha value is -2.70. The second kappa shape index (κ2) is 8.07. The van der Waals surface area contributed by atoms with E-state index in [0.29, 0.717) is 11.1 Å². The summed E-state index contributed by atoms with van der Waals surface area (Å²) in [5, 5.41) is 3.71. The van der Waals surface area contributed by atoms with Gasteiger partial charge in [0, 0.05) is 11.1 Å². The van der Waals surface area contributed by atoms with Gasteiger partial charge in [-0.25, -0.2) is 4.39 Å². The highest BCUT2D eigenvalue weighted by Crippen LogP contribution is 2.28. The highest BCUT2D eigenvalue weighted by atomic mass is 19.3. The molecule has 0 N–H and O–H groups in total. The average Bonchev–Trinajstić information content (AvgIpc) is 2.53. The van der Waals surface area contributed by atoms with Crippen LogP contribution in [0.3, 0.4) is 0 Å². The van der Waals surface area contributed by atoms with Gasteiger partial charge in [0.15, 0.2) is 11.5 Å². The van der Waals surface area contributed by atoms with Gasteiger partial charge in [0.1, 0.15) is 12.4 Å². The molecule has 2 aromatic carbocycles. The molecule has 0 bridgehead atoms. The van der Waals surface area contributed by atoms with Crippen LogP contribution in [0.25, 0.3) is 0 Å². The molecule has 0 heterocycles. The van der Waals surface area contributed by atoms with Crippen LogP contribution in [0.15, 0.2) is 47.6 Å². The topological polar surface area (TPSA) is 40.0 Å². The van der Waals surface area contributed by atoms with E-state index in [1.54, 1.807) is 18.2 Å². The molecule has 0 aliphatic carbocycles. The number of alkyl halides is 2. The van der Waals surface area contributed by atoms with Crippen molar-refractivity contribution in [1.82, 2.24) is 0 Å². The van der Waals surface area contributed by atoms with Crippen molar-refractivity contribution in [3.05, 3.63) is 59.4 Å². The molecule has 0 saturated heterocycles. The van der Waals surface area contributed by atoms with Crippen molar-refractivity contribution in [2.75, 3.05) is 7.11 Å². The number of benzene rings is 2. The predicted octanol–water partition coefficient (Wildman–Crippen LogP) is 3.99. The quantitative estimate of drug-likeness (QED) is 0.571. The number of hydrogen-bond donors (Lipinski definition) is 0. The number of oxime groups is 1. The van der Waals surface area contributed by atoms with E-state index in [-0.39, 0.29) is 23.9 Å². The zero-order valence-corrected chi connectivity index (χ0v) is 12.2. The Balaban J connectivity index is 1.98. The van der Waals surface area contributed by atoms with Gasteiger partial charge in [0.2, 0.25) is 0 Å². The summed E-state index contributed by atoms with van der Waals surface area (Å²) in [7, 11) is 1.34. The van der Waals surface area contributed by atoms with Gasteiger partial charge in [-0.15, -0.1) is 0 Å². The molecule has 0 aliphatic rings. The molecule has 23 heavy (non-hydrogen) atoms. The summed E-state index contributed by atoms with van der Waals surface area (Å²) >= 11 is 0. The molecule has 0 saturated carbocycles. The molecule has 122 valence electrons. The van der Waals surface area contributed by atoms with Gasteiger partial charge in [-0.05, 0) is 24.3 Å². The Labute approximate surface area is 131 Å². The van der Waals surface area contributed by atoms with Gasteiger partial charge < -0.3 is 14.3 Å². The van der Waals surface area contributed by atoms with Gasteiger partial charge in [-0.1, -0.05) is 23.4 Å². The van der Waals surface area contributed by atoms with Crippen molar-refractivity contribution in [1.29, 1.82) is 0 Å². The monoisotopic (exact) mass is 325 g/mol. The van der Waals surface area contributed by atoms with Gasteiger partial charge >= 0.3 is 6.61 Å². The molecular formula is C16H14F3NO3. The van der Waals surface area contributed by atoms with Gasteiger partial charge in [-0.3, -0.25) is 0 Å². The minimum atomic E-state index is -2.94. The SMILES string of the molecule is COc1cc(C=NOCc2ccccc2F)ccc1OC(F)F. The fraction of sp³-hybridized carbons (Fsp3) is 0.188. The van der Waals surface area contributed by atoms with E-state index in [0.717, 1.165) is 0 Å². The standard InChI is InChI=1S/C16H14F3NO3/c1-21-15-8-11(6-7-14(15)23-16(18)19)9-20-22-10-12-4-2-3-5-13(12)17/h2-9,16H,10H2,1H3. The number of ether oxygens (including phenoxy) is 2. The minimum Gasteiger partial charge on any atom is -0.493 e. The first kappa shape index (κ1) is 16.7. The second-order valence-corrected chi connectivity index (χ2v) is 4.39. The molecular weight excluding hydrogens is 311 g/mol. The van der Waals surface area contributed by atoms with Gasteiger partial charge in [-0.2, -0.15) is 8.78 Å². The van der Waals surface area contributed by atoms with E-state index in [2.05, 4.69) is 9.89 Å². The smallest absolute Gasteiger partial charge is 0.387 e. The fourth-order valence-corrected chi connectivity index (χ4v) is 1.78. The lowest BCUT2D eigenvalue weighted by molar-refractivity contribution is -0.0512. The van der Waals surface area contributed by atoms with Crippen molar-refractivity contribution in [3.63, 3.8) is 0 Å². The van der Waals surface area contributed by atoms with Crippen molar-refractivity contribution in [2.24, 2.45) is 5.16 Å². The molecule has 0 amide bonds. The first-order valence-corrected chi connectivity index (χ1v) is 6.61. The number of methoxy groups -OCH3 is 1. The lowest BCUT2D eigenvalue weighted by Gasteiger charge is -2.09. The molecule has 0 atom stereocenters. The number of halogens is 3. The van der Waals surface area contributed by atoms with Crippen LogP contribution in [0, 0.1) is 5.82 Å². The van der Waals surface area contributed by atoms with Gasteiger partial charge in [0.05, 0.1) is 13.3 Å². The lowest BCUT2D eigenvalue weighted by atomic mass is 10.2. The maximum Gasteiger partial charge on any atom is 0.387 e. The predicted molar refractivity (Wildman–Crippen MR) is 78.4 cm³/mol. The highest BCUT2D eigenvalue weighted by molar-refractivity contribution is 5.80. The summed E-state index contributed by atoms with van der Waals surface area (Å²) in [5.74, 6) is -0.312. The first-order valence-electron chi connectivity index (χ1n) is 6.61. The Morgan fingerprint density at radius 1 is 1.13 bits per heavy atom. The van der Waals surface area contributed by atoms with E-state index in [1.807, 2.05) is 0 Å². The summed E-state index contributed by atoms with van der Waals surface area (Å²) in [6.07, 6.45) is 1.36. The van der Waals surface area contributed by atoms with Crippen molar-refractivity contribution < 1.29 is 27.5 Å². The molecule has 0 unspecified atom stereocenters. The van der Waals surface area contributed by atoms with E-state index in [1.165, 1.54) is 37.6 Å². The van der Waals surface area contributed by atoms with Crippen LogP contribution < -0.4 is 9.47 Å². The first-order chi connectivity index (χ1) is 11.1. The van der Waals surface area contributed by atoms with Crippen LogP contribution >= 0.6 is 0 Å². The fourth-order valence-electron chi connectivity index (χ4n) is 1.78. The Bertz CT molecular complexity index is 677. The third kappa shape index (κ3) is 4.91. The summed E-state index contributed by atoms with van der Waals surface area (Å²) in [6.45, 7) is -2.96. The van der Waals surface area contributed by atoms with Crippen LogP contribution in [0.1, 0.15) is 11.1 Å². The summed E-state index contributed by atoms with van der Waals surface area (Å²) in [5.41, 5.74) is 0.930. The molecule has 0 radical (unpaired) electrons. The average molecular weight is 325 g/mol. The second-order valence-electron chi connectivity index (χ2n) is 4.39. The summed E-state index contributed by atoms with van der Waals surface area (Å²) in [4.78, 5) is 5.01. The number of nitrogens with zero attached hydrogens (tertiary/aromatic N) is 1. The Morgan fingerprint density at radius 2 is 1.91 bits per heavy atom. The molecule has 2 aromatic rings. The molecule has 0 spiro atoms. The molecule has 0 aromatic heterocycles. The lowest BCUT2D eigenvalue weighted by Crippen LogP contribution is -2.03. The van der Waals surface area contributed by atoms with Crippen molar-refractivity contribution in [3.8, 4) is 11.5 Å². The van der Waals surface area contributed by atoms with E-state index in [9.17, 15) is 13.2 Å².